The van der Waals surface area contributed by atoms with Gasteiger partial charge in [-0.15, -0.1) is 0 Å². The number of hydrogen-bond acceptors (Lipinski definition) is 4. The molecule has 2 N–H and O–H groups in total. The van der Waals surface area contributed by atoms with Gasteiger partial charge in [0, 0.05) is 16.5 Å². The molecule has 0 saturated carbocycles. The first-order valence-electron chi connectivity index (χ1n) is 7.60. The Morgan fingerprint density at radius 2 is 1.92 bits per heavy atom. The number of nitrogens with zero attached hydrogens (tertiary/aromatic N) is 2. The molecule has 1 aromatic heterocycles. The normalized spacial score (nSPS) is 10.7. The fourth-order valence-corrected chi connectivity index (χ4v) is 2.83. The van der Waals surface area contributed by atoms with Crippen molar-refractivity contribution in [2.24, 2.45) is 5.73 Å². The Kier molecular flexibility index (Phi) is 5.05. The highest BCUT2D eigenvalue weighted by molar-refractivity contribution is 9.10. The predicted molar refractivity (Wildman–Crippen MR) is 94.4 cm³/mol. The number of nitrogens with two attached hydrogens (primary N) is 1. The van der Waals surface area contributed by atoms with Crippen LogP contribution in [0.1, 0.15) is 28.2 Å². The van der Waals surface area contributed by atoms with Crippen LogP contribution in [0.15, 0.2) is 57.5 Å². The fourth-order valence-electron chi connectivity index (χ4n) is 2.47. The van der Waals surface area contributed by atoms with Crippen molar-refractivity contribution in [3.05, 3.63) is 70.0 Å². The van der Waals surface area contributed by atoms with Crippen molar-refractivity contribution in [2.45, 2.75) is 19.3 Å². The summed E-state index contributed by atoms with van der Waals surface area (Å²) in [5.74, 6) is 0.409. The molecule has 0 atom stereocenters. The van der Waals surface area contributed by atoms with Gasteiger partial charge in [-0.25, -0.2) is 0 Å². The molecule has 1 heterocycles. The maximum Gasteiger partial charge on any atom is 0.249 e. The highest BCUT2D eigenvalue weighted by Crippen LogP contribution is 2.24. The van der Waals surface area contributed by atoms with E-state index in [1.54, 1.807) is 12.1 Å². The Hall–Kier alpha value is -2.47. The summed E-state index contributed by atoms with van der Waals surface area (Å²) in [5.41, 5.74) is 7.64. The second-order valence-corrected chi connectivity index (χ2v) is 6.32. The summed E-state index contributed by atoms with van der Waals surface area (Å²) in [4.78, 5) is 16.0. The largest absolute Gasteiger partial charge is 0.366 e. The summed E-state index contributed by atoms with van der Waals surface area (Å²) < 4.78 is 6.07. The number of carbonyl (C=O) groups excluding carboxylic acids is 1. The van der Waals surface area contributed by atoms with Crippen molar-refractivity contribution in [1.29, 1.82) is 0 Å². The summed E-state index contributed by atoms with van der Waals surface area (Å²) in [7, 11) is 0. The van der Waals surface area contributed by atoms with E-state index in [1.165, 1.54) is 5.56 Å². The van der Waals surface area contributed by atoms with Crippen LogP contribution in [0.2, 0.25) is 0 Å². The molecule has 24 heavy (non-hydrogen) atoms. The average molecular weight is 386 g/mol. The first-order chi connectivity index (χ1) is 11.6. The summed E-state index contributed by atoms with van der Waals surface area (Å²) in [6.45, 7) is 0. The molecule has 0 spiro atoms. The predicted octanol–water partition coefficient (Wildman–Crippen LogP) is 3.77. The quantitative estimate of drug-likeness (QED) is 0.699. The van der Waals surface area contributed by atoms with Crippen molar-refractivity contribution >= 4 is 21.8 Å². The molecule has 0 fully saturated rings. The number of aryl methyl sites for hydroxylation is 2. The van der Waals surface area contributed by atoms with E-state index in [1.807, 2.05) is 24.3 Å². The molecular formula is C18H16BrN3O2. The van der Waals surface area contributed by atoms with Gasteiger partial charge in [-0.3, -0.25) is 4.79 Å². The van der Waals surface area contributed by atoms with E-state index in [4.69, 9.17) is 10.3 Å². The minimum Gasteiger partial charge on any atom is -0.366 e. The molecule has 0 radical (unpaired) electrons. The Morgan fingerprint density at radius 3 is 2.67 bits per heavy atom. The van der Waals surface area contributed by atoms with Gasteiger partial charge in [0.2, 0.25) is 17.6 Å². The molecule has 0 aliphatic carbocycles. The van der Waals surface area contributed by atoms with E-state index in [2.05, 4.69) is 38.2 Å². The highest BCUT2D eigenvalue weighted by Gasteiger charge is 2.16. The summed E-state index contributed by atoms with van der Waals surface area (Å²) in [5, 5.41) is 3.98. The zero-order valence-corrected chi connectivity index (χ0v) is 14.5. The molecule has 0 aliphatic rings. The van der Waals surface area contributed by atoms with E-state index in [0.29, 0.717) is 29.3 Å². The molecule has 0 saturated heterocycles. The van der Waals surface area contributed by atoms with Crippen LogP contribution in [0.4, 0.5) is 0 Å². The molecular weight excluding hydrogens is 370 g/mol. The third kappa shape index (κ3) is 3.89. The third-order valence-corrected chi connectivity index (χ3v) is 4.15. The van der Waals surface area contributed by atoms with Gasteiger partial charge in [0.15, 0.2) is 0 Å². The van der Waals surface area contributed by atoms with Crippen LogP contribution < -0.4 is 5.73 Å². The first kappa shape index (κ1) is 16.4. The Labute approximate surface area is 148 Å². The van der Waals surface area contributed by atoms with Crippen LogP contribution in [-0.4, -0.2) is 16.0 Å². The minimum absolute atomic E-state index is 0.362. The molecule has 1 amide bonds. The smallest absolute Gasteiger partial charge is 0.249 e. The molecule has 6 heteroatoms. The number of halogens is 1. The summed E-state index contributed by atoms with van der Waals surface area (Å²) >= 11 is 3.33. The second-order valence-electron chi connectivity index (χ2n) is 5.41. The molecule has 2 aromatic carbocycles. The van der Waals surface area contributed by atoms with Gasteiger partial charge in [0.1, 0.15) is 0 Å². The van der Waals surface area contributed by atoms with Crippen molar-refractivity contribution in [1.82, 2.24) is 10.1 Å². The van der Waals surface area contributed by atoms with Crippen LogP contribution in [0.25, 0.3) is 11.4 Å². The van der Waals surface area contributed by atoms with E-state index in [9.17, 15) is 4.79 Å². The molecule has 3 aromatic rings. The number of benzene rings is 2. The van der Waals surface area contributed by atoms with Gasteiger partial charge < -0.3 is 10.3 Å². The van der Waals surface area contributed by atoms with Crippen LogP contribution in [0, 0.1) is 0 Å². The average Bonchev–Trinajstić information content (AvgIpc) is 3.04. The minimum atomic E-state index is -0.526. The zero-order valence-electron chi connectivity index (χ0n) is 12.9. The van der Waals surface area contributed by atoms with E-state index < -0.39 is 5.91 Å². The van der Waals surface area contributed by atoms with E-state index in [0.717, 1.165) is 17.3 Å². The molecule has 122 valence electrons. The lowest BCUT2D eigenvalue weighted by atomic mass is 10.1. The molecule has 0 aliphatic heterocycles. The molecule has 3 rings (SSSR count). The zero-order chi connectivity index (χ0) is 16.9. The fraction of sp³-hybridized carbons (Fsp3) is 0.167. The van der Waals surface area contributed by atoms with Crippen LogP contribution in [-0.2, 0) is 12.8 Å². The van der Waals surface area contributed by atoms with Gasteiger partial charge >= 0.3 is 0 Å². The molecule has 0 bridgehead atoms. The highest BCUT2D eigenvalue weighted by atomic mass is 79.9. The van der Waals surface area contributed by atoms with E-state index in [-0.39, 0.29) is 0 Å². The Balaban J connectivity index is 1.71. The standard InChI is InChI=1S/C18H16BrN3O2/c19-13-9-10-14(15(11-13)17(20)23)18-21-16(24-22-18)8-4-7-12-5-2-1-3-6-12/h1-3,5-6,9-11H,4,7-8H2,(H2,20,23). The van der Waals surface area contributed by atoms with Crippen molar-refractivity contribution in [3.8, 4) is 11.4 Å². The second kappa shape index (κ2) is 7.40. The monoisotopic (exact) mass is 385 g/mol. The van der Waals surface area contributed by atoms with Crippen molar-refractivity contribution in [2.75, 3.05) is 0 Å². The SMILES string of the molecule is NC(=O)c1cc(Br)ccc1-c1noc(CCCc2ccccc2)n1. The van der Waals surface area contributed by atoms with Crippen molar-refractivity contribution in [3.63, 3.8) is 0 Å². The topological polar surface area (TPSA) is 82.0 Å². The van der Waals surface area contributed by atoms with Crippen molar-refractivity contribution < 1.29 is 9.32 Å². The number of carbonyl (C=O) groups is 1. The molecule has 5 nitrogen and oxygen atoms in total. The maximum absolute atomic E-state index is 11.6. The number of primary amides is 1. The summed E-state index contributed by atoms with van der Waals surface area (Å²) in [6.07, 6.45) is 2.54. The molecule has 0 unspecified atom stereocenters. The van der Waals surface area contributed by atoms with Crippen LogP contribution >= 0.6 is 15.9 Å². The van der Waals surface area contributed by atoms with E-state index >= 15 is 0 Å². The van der Waals surface area contributed by atoms with Gasteiger partial charge in [0.25, 0.3) is 0 Å². The summed E-state index contributed by atoms with van der Waals surface area (Å²) in [6, 6.07) is 15.5. The first-order valence-corrected chi connectivity index (χ1v) is 8.39. The van der Waals surface area contributed by atoms with Gasteiger partial charge in [-0.05, 0) is 36.6 Å². The van der Waals surface area contributed by atoms with Gasteiger partial charge in [-0.2, -0.15) is 4.98 Å². The van der Waals surface area contributed by atoms with Crippen LogP contribution in [0.3, 0.4) is 0 Å². The van der Waals surface area contributed by atoms with Gasteiger partial charge in [0.05, 0.1) is 5.56 Å². The lowest BCUT2D eigenvalue weighted by Crippen LogP contribution is -2.12. The van der Waals surface area contributed by atoms with Gasteiger partial charge in [-0.1, -0.05) is 51.4 Å². The number of aromatic nitrogens is 2. The number of amides is 1. The maximum atomic E-state index is 11.6. The Bertz CT molecular complexity index is 846. The number of rotatable bonds is 6. The Morgan fingerprint density at radius 1 is 1.12 bits per heavy atom. The lowest BCUT2D eigenvalue weighted by Gasteiger charge is -2.02. The third-order valence-electron chi connectivity index (χ3n) is 3.65. The lowest BCUT2D eigenvalue weighted by molar-refractivity contribution is 0.100. The number of hydrogen-bond donors (Lipinski definition) is 1. The van der Waals surface area contributed by atoms with Crippen LogP contribution in [0.5, 0.6) is 0 Å².